The highest BCUT2D eigenvalue weighted by Gasteiger charge is 2.19. The van der Waals surface area contributed by atoms with E-state index in [2.05, 4.69) is 5.32 Å². The van der Waals surface area contributed by atoms with E-state index in [-0.39, 0.29) is 0 Å². The molecular formula is C23H19N3O2. The number of carbonyl (C=O) groups is 2. The number of hydrogen-bond acceptors (Lipinski definition) is 3. The van der Waals surface area contributed by atoms with Crippen molar-refractivity contribution in [3.8, 4) is 17.2 Å². The zero-order chi connectivity index (χ0) is 19.9. The molecule has 0 heterocycles. The number of primary amides is 1. The van der Waals surface area contributed by atoms with Gasteiger partial charge in [0.15, 0.2) is 0 Å². The molecule has 28 heavy (non-hydrogen) atoms. The van der Waals surface area contributed by atoms with Gasteiger partial charge < -0.3 is 11.1 Å². The highest BCUT2D eigenvalue weighted by Crippen LogP contribution is 2.19. The number of benzene rings is 3. The summed E-state index contributed by atoms with van der Waals surface area (Å²) in [7, 11) is 0. The Balaban J connectivity index is 1.69. The molecule has 2 amide bonds. The summed E-state index contributed by atoms with van der Waals surface area (Å²) in [6.45, 7) is 0. The third kappa shape index (κ3) is 4.63. The Morgan fingerprint density at radius 1 is 0.893 bits per heavy atom. The van der Waals surface area contributed by atoms with Crippen molar-refractivity contribution in [3.05, 3.63) is 95.6 Å². The van der Waals surface area contributed by atoms with Gasteiger partial charge in [0.25, 0.3) is 5.91 Å². The van der Waals surface area contributed by atoms with Crippen LogP contribution in [0.3, 0.4) is 0 Å². The van der Waals surface area contributed by atoms with E-state index in [4.69, 9.17) is 11.0 Å². The molecule has 3 N–H and O–H groups in total. The Labute approximate surface area is 163 Å². The molecule has 0 aromatic heterocycles. The van der Waals surface area contributed by atoms with Crippen LogP contribution in [-0.4, -0.2) is 17.9 Å². The Morgan fingerprint density at radius 2 is 1.50 bits per heavy atom. The van der Waals surface area contributed by atoms with E-state index in [0.29, 0.717) is 17.5 Å². The predicted octanol–water partition coefficient (Wildman–Crippen LogP) is 3.05. The lowest BCUT2D eigenvalue weighted by molar-refractivity contribution is -0.119. The van der Waals surface area contributed by atoms with E-state index in [0.717, 1.165) is 16.7 Å². The van der Waals surface area contributed by atoms with Gasteiger partial charge in [-0.25, -0.2) is 0 Å². The van der Waals surface area contributed by atoms with Gasteiger partial charge in [0.05, 0.1) is 11.6 Å². The fourth-order valence-corrected chi connectivity index (χ4v) is 2.86. The number of amides is 2. The lowest BCUT2D eigenvalue weighted by Crippen LogP contribution is -2.45. The minimum Gasteiger partial charge on any atom is -0.368 e. The highest BCUT2D eigenvalue weighted by atomic mass is 16.2. The molecular weight excluding hydrogens is 350 g/mol. The molecule has 3 aromatic carbocycles. The molecule has 0 spiro atoms. The van der Waals surface area contributed by atoms with Crippen molar-refractivity contribution in [2.24, 2.45) is 5.73 Å². The molecule has 0 saturated carbocycles. The summed E-state index contributed by atoms with van der Waals surface area (Å²) in [5, 5.41) is 11.5. The largest absolute Gasteiger partial charge is 0.368 e. The molecule has 0 aliphatic heterocycles. The fraction of sp³-hybridized carbons (Fsp3) is 0.0870. The van der Waals surface area contributed by atoms with Crippen LogP contribution in [0.5, 0.6) is 0 Å². The maximum absolute atomic E-state index is 12.4. The molecule has 0 aliphatic rings. The maximum atomic E-state index is 12.4. The number of nitriles is 1. The van der Waals surface area contributed by atoms with Gasteiger partial charge in [-0.3, -0.25) is 9.59 Å². The fourth-order valence-electron chi connectivity index (χ4n) is 2.86. The molecule has 3 aromatic rings. The number of nitrogens with two attached hydrogens (primary N) is 1. The number of nitrogens with one attached hydrogen (secondary N) is 1. The van der Waals surface area contributed by atoms with Gasteiger partial charge in [-0.05, 0) is 41.0 Å². The average molecular weight is 369 g/mol. The van der Waals surface area contributed by atoms with Crippen molar-refractivity contribution in [2.75, 3.05) is 0 Å². The Bertz CT molecular complexity index is 1000. The molecule has 0 saturated heterocycles. The van der Waals surface area contributed by atoms with Crippen molar-refractivity contribution >= 4 is 11.8 Å². The first kappa shape index (κ1) is 18.9. The second-order valence-corrected chi connectivity index (χ2v) is 6.38. The topological polar surface area (TPSA) is 96.0 Å². The molecule has 5 heteroatoms. The quantitative estimate of drug-likeness (QED) is 0.699. The van der Waals surface area contributed by atoms with Gasteiger partial charge in [-0.1, -0.05) is 54.6 Å². The van der Waals surface area contributed by atoms with Crippen molar-refractivity contribution in [2.45, 2.75) is 12.5 Å². The number of carbonyl (C=O) groups excluding carboxylic acids is 2. The smallest absolute Gasteiger partial charge is 0.251 e. The second kappa shape index (κ2) is 8.65. The zero-order valence-corrected chi connectivity index (χ0v) is 15.1. The van der Waals surface area contributed by atoms with Crippen LogP contribution in [0.1, 0.15) is 21.5 Å². The predicted molar refractivity (Wildman–Crippen MR) is 107 cm³/mol. The van der Waals surface area contributed by atoms with Gasteiger partial charge in [-0.15, -0.1) is 0 Å². The van der Waals surface area contributed by atoms with Gasteiger partial charge in [0, 0.05) is 12.0 Å². The maximum Gasteiger partial charge on any atom is 0.251 e. The van der Waals surface area contributed by atoms with Gasteiger partial charge in [-0.2, -0.15) is 5.26 Å². The first-order valence-corrected chi connectivity index (χ1v) is 8.81. The first-order chi connectivity index (χ1) is 13.6. The Hall–Kier alpha value is -3.91. The summed E-state index contributed by atoms with van der Waals surface area (Å²) in [6, 6.07) is 25.1. The van der Waals surface area contributed by atoms with Gasteiger partial charge in [0.1, 0.15) is 6.04 Å². The van der Waals surface area contributed by atoms with Crippen LogP contribution in [0.25, 0.3) is 11.1 Å². The van der Waals surface area contributed by atoms with Crippen molar-refractivity contribution < 1.29 is 9.59 Å². The van der Waals surface area contributed by atoms with Crippen molar-refractivity contribution in [1.29, 1.82) is 5.26 Å². The summed E-state index contributed by atoms with van der Waals surface area (Å²) in [5.41, 5.74) is 9.38. The summed E-state index contributed by atoms with van der Waals surface area (Å²) >= 11 is 0. The highest BCUT2D eigenvalue weighted by molar-refractivity contribution is 5.97. The molecule has 0 unspecified atom stereocenters. The average Bonchev–Trinajstić information content (AvgIpc) is 2.74. The molecule has 0 bridgehead atoms. The molecule has 1 atom stereocenters. The van der Waals surface area contributed by atoms with Crippen molar-refractivity contribution in [3.63, 3.8) is 0 Å². The Kier molecular flexibility index (Phi) is 5.83. The van der Waals surface area contributed by atoms with Crippen LogP contribution < -0.4 is 11.1 Å². The minimum absolute atomic E-state index is 0.298. The summed E-state index contributed by atoms with van der Waals surface area (Å²) in [4.78, 5) is 24.2. The summed E-state index contributed by atoms with van der Waals surface area (Å²) in [6.07, 6.45) is 0.298. The lowest BCUT2D eigenvalue weighted by atomic mass is 10.00. The standard InChI is InChI=1S/C23H19N3O2/c24-15-17-8-12-20(13-9-17)23(28)26-21(22(25)27)14-16-6-10-19(11-7-16)18-4-2-1-3-5-18/h1-13,21H,14H2,(H2,25,27)(H,26,28)/t21-/m0/s1. The van der Waals surface area contributed by atoms with Crippen molar-refractivity contribution in [1.82, 2.24) is 5.32 Å². The summed E-state index contributed by atoms with van der Waals surface area (Å²) < 4.78 is 0. The molecule has 3 rings (SSSR count). The number of rotatable bonds is 6. The molecule has 0 aliphatic carbocycles. The van der Waals surface area contributed by atoms with Crippen LogP contribution in [0.15, 0.2) is 78.9 Å². The number of nitrogens with zero attached hydrogens (tertiary/aromatic N) is 1. The SMILES string of the molecule is N#Cc1ccc(C(=O)N[C@@H](Cc2ccc(-c3ccccc3)cc2)C(N)=O)cc1. The molecule has 138 valence electrons. The van der Waals surface area contributed by atoms with Crippen LogP contribution in [0.4, 0.5) is 0 Å². The van der Waals surface area contributed by atoms with Crippen LogP contribution in [0.2, 0.25) is 0 Å². The zero-order valence-electron chi connectivity index (χ0n) is 15.1. The van der Waals surface area contributed by atoms with Crippen LogP contribution in [0, 0.1) is 11.3 Å². The second-order valence-electron chi connectivity index (χ2n) is 6.38. The van der Waals surface area contributed by atoms with Crippen LogP contribution >= 0.6 is 0 Å². The normalized spacial score (nSPS) is 11.2. The van der Waals surface area contributed by atoms with E-state index in [9.17, 15) is 9.59 Å². The lowest BCUT2D eigenvalue weighted by Gasteiger charge is -2.16. The third-order valence-electron chi connectivity index (χ3n) is 4.43. The summed E-state index contributed by atoms with van der Waals surface area (Å²) in [5.74, 6) is -1.01. The van der Waals surface area contributed by atoms with Gasteiger partial charge >= 0.3 is 0 Å². The Morgan fingerprint density at radius 3 is 2.07 bits per heavy atom. The van der Waals surface area contributed by atoms with Crippen LogP contribution in [-0.2, 0) is 11.2 Å². The molecule has 5 nitrogen and oxygen atoms in total. The van der Waals surface area contributed by atoms with E-state index in [1.807, 2.05) is 60.7 Å². The molecule has 0 radical (unpaired) electrons. The minimum atomic E-state index is -0.828. The first-order valence-electron chi connectivity index (χ1n) is 8.81. The molecule has 0 fully saturated rings. The van der Waals surface area contributed by atoms with Gasteiger partial charge in [0.2, 0.25) is 5.91 Å². The number of hydrogen-bond donors (Lipinski definition) is 2. The third-order valence-corrected chi connectivity index (χ3v) is 4.43. The monoisotopic (exact) mass is 369 g/mol. The van der Waals surface area contributed by atoms with E-state index < -0.39 is 17.9 Å². The van der Waals surface area contributed by atoms with E-state index >= 15 is 0 Å². The van der Waals surface area contributed by atoms with E-state index in [1.54, 1.807) is 24.3 Å². The van der Waals surface area contributed by atoms with E-state index in [1.165, 1.54) is 0 Å².